The van der Waals surface area contributed by atoms with Crippen LogP contribution >= 0.6 is 0 Å². The van der Waals surface area contributed by atoms with Crippen molar-refractivity contribution >= 4 is 21.8 Å². The van der Waals surface area contributed by atoms with Gasteiger partial charge < -0.3 is 4.57 Å². The minimum absolute atomic E-state index is 0.0902. The summed E-state index contributed by atoms with van der Waals surface area (Å²) in [6.45, 7) is 4.64. The number of aromatic nitrogens is 3. The number of hydrogen-bond acceptors (Lipinski definition) is 2. The van der Waals surface area contributed by atoms with Gasteiger partial charge in [-0.05, 0) is 80.9 Å². The fourth-order valence-electron chi connectivity index (χ4n) is 9.02. The van der Waals surface area contributed by atoms with E-state index in [2.05, 4.69) is 213 Å². The molecule has 11 rings (SSSR count). The molecule has 0 unspecified atom stereocenters. The zero-order valence-electron chi connectivity index (χ0n) is 32.4. The van der Waals surface area contributed by atoms with Gasteiger partial charge in [-0.25, -0.2) is 9.97 Å². The van der Waals surface area contributed by atoms with Gasteiger partial charge in [-0.2, -0.15) is 0 Å². The Balaban J connectivity index is 0.889. The largest absolute Gasteiger partial charge is 0.309 e. The van der Waals surface area contributed by atoms with E-state index in [1.54, 1.807) is 0 Å². The first-order chi connectivity index (χ1) is 28.5. The van der Waals surface area contributed by atoms with E-state index in [4.69, 9.17) is 9.97 Å². The zero-order valence-corrected chi connectivity index (χ0v) is 32.4. The molecule has 3 heteroatoms. The van der Waals surface area contributed by atoms with E-state index >= 15 is 0 Å². The Morgan fingerprint density at radius 3 is 1.45 bits per heavy atom. The first-order valence-corrected chi connectivity index (χ1v) is 20.0. The Labute approximate surface area is 338 Å². The van der Waals surface area contributed by atoms with Crippen molar-refractivity contribution in [3.05, 3.63) is 211 Å². The minimum atomic E-state index is -0.0902. The van der Waals surface area contributed by atoms with Gasteiger partial charge >= 0.3 is 0 Å². The number of para-hydroxylation sites is 2. The highest BCUT2D eigenvalue weighted by Gasteiger charge is 2.35. The van der Waals surface area contributed by atoms with Crippen molar-refractivity contribution in [1.82, 2.24) is 14.5 Å². The highest BCUT2D eigenvalue weighted by molar-refractivity contribution is 6.09. The summed E-state index contributed by atoms with van der Waals surface area (Å²) in [6, 6.07) is 71.8. The maximum atomic E-state index is 5.21. The van der Waals surface area contributed by atoms with Crippen molar-refractivity contribution in [3.63, 3.8) is 0 Å². The second-order valence-corrected chi connectivity index (χ2v) is 15.8. The number of nitrogens with zero attached hydrogens (tertiary/aromatic N) is 3. The van der Waals surface area contributed by atoms with Crippen LogP contribution in [0.25, 0.3) is 94.8 Å². The van der Waals surface area contributed by atoms with Gasteiger partial charge in [0.15, 0.2) is 5.82 Å². The molecule has 0 amide bonds. The van der Waals surface area contributed by atoms with Crippen molar-refractivity contribution in [1.29, 1.82) is 0 Å². The summed E-state index contributed by atoms with van der Waals surface area (Å²) < 4.78 is 2.36. The molecule has 0 atom stereocenters. The molecular formula is C55H39N3. The van der Waals surface area contributed by atoms with Crippen LogP contribution in [0, 0.1) is 0 Å². The first-order valence-electron chi connectivity index (χ1n) is 20.0. The topological polar surface area (TPSA) is 30.7 Å². The molecule has 58 heavy (non-hydrogen) atoms. The quantitative estimate of drug-likeness (QED) is 0.170. The van der Waals surface area contributed by atoms with Crippen LogP contribution in [-0.2, 0) is 5.41 Å². The van der Waals surface area contributed by atoms with Gasteiger partial charge in [0.05, 0.1) is 22.4 Å². The number of fused-ring (bicyclic) bond motifs is 6. The Kier molecular flexibility index (Phi) is 7.84. The van der Waals surface area contributed by atoms with Crippen LogP contribution in [0.1, 0.15) is 25.0 Å². The lowest BCUT2D eigenvalue weighted by Gasteiger charge is -2.22. The maximum Gasteiger partial charge on any atom is 0.160 e. The summed E-state index contributed by atoms with van der Waals surface area (Å²) in [4.78, 5) is 10.3. The van der Waals surface area contributed by atoms with E-state index < -0.39 is 0 Å². The minimum Gasteiger partial charge on any atom is -0.309 e. The highest BCUT2D eigenvalue weighted by Crippen LogP contribution is 2.49. The second-order valence-electron chi connectivity index (χ2n) is 15.8. The van der Waals surface area contributed by atoms with E-state index in [1.807, 2.05) is 6.07 Å². The fraction of sp³-hybridized carbons (Fsp3) is 0.0545. The molecule has 0 saturated heterocycles. The van der Waals surface area contributed by atoms with Gasteiger partial charge in [0.2, 0.25) is 0 Å². The molecule has 1 aliphatic rings. The lowest BCUT2D eigenvalue weighted by Crippen LogP contribution is -2.14. The van der Waals surface area contributed by atoms with Crippen LogP contribution in [0.15, 0.2) is 200 Å². The first kappa shape index (κ1) is 33.9. The molecule has 2 aromatic heterocycles. The molecule has 10 aromatic rings. The van der Waals surface area contributed by atoms with Gasteiger partial charge in [0.1, 0.15) is 0 Å². The maximum absolute atomic E-state index is 5.21. The van der Waals surface area contributed by atoms with Crippen LogP contribution < -0.4 is 0 Å². The lowest BCUT2D eigenvalue weighted by molar-refractivity contribution is 0.660. The third kappa shape index (κ3) is 5.58. The molecule has 0 N–H and O–H groups in total. The monoisotopic (exact) mass is 741 g/mol. The highest BCUT2D eigenvalue weighted by atomic mass is 15.0. The van der Waals surface area contributed by atoms with Crippen molar-refractivity contribution in [2.45, 2.75) is 19.3 Å². The van der Waals surface area contributed by atoms with E-state index in [0.29, 0.717) is 5.82 Å². The van der Waals surface area contributed by atoms with Gasteiger partial charge in [-0.15, -0.1) is 0 Å². The van der Waals surface area contributed by atoms with E-state index in [-0.39, 0.29) is 5.41 Å². The lowest BCUT2D eigenvalue weighted by atomic mass is 9.82. The van der Waals surface area contributed by atoms with Crippen LogP contribution in [0.5, 0.6) is 0 Å². The molecule has 8 aromatic carbocycles. The van der Waals surface area contributed by atoms with Crippen molar-refractivity contribution in [3.8, 4) is 73.0 Å². The normalized spacial score (nSPS) is 12.8. The predicted octanol–water partition coefficient (Wildman–Crippen LogP) is 14.2. The second kappa shape index (κ2) is 13.4. The van der Waals surface area contributed by atoms with Crippen molar-refractivity contribution in [2.75, 3.05) is 0 Å². The molecule has 0 saturated carbocycles. The summed E-state index contributed by atoms with van der Waals surface area (Å²) >= 11 is 0. The predicted molar refractivity (Wildman–Crippen MR) is 241 cm³/mol. The Bertz CT molecular complexity index is 3100. The van der Waals surface area contributed by atoms with Gasteiger partial charge in [0, 0.05) is 38.6 Å². The third-order valence-electron chi connectivity index (χ3n) is 12.1. The number of benzene rings is 8. The average Bonchev–Trinajstić information content (AvgIpc) is 3.75. The molecule has 0 radical (unpaired) electrons. The Hall–Kier alpha value is -7.36. The number of hydrogen-bond donors (Lipinski definition) is 0. The number of rotatable bonds is 6. The standard InChI is InChI=1S/C55H39N3/c1-55(2)48-17-9-6-14-44(48)45-33-30-42(34-49(45)55)51-35-50(40-12-4-3-5-13-40)56-54(57-51)41-26-24-38(25-27-41)36-20-22-37(23-21-36)39-28-31-43(32-29-39)58-52-18-10-7-15-46(52)47-16-8-11-19-53(47)58/h3-35H,1-2H3. The van der Waals surface area contributed by atoms with Crippen LogP contribution in [-0.4, -0.2) is 14.5 Å². The third-order valence-corrected chi connectivity index (χ3v) is 12.1. The van der Waals surface area contributed by atoms with Gasteiger partial charge in [-0.3, -0.25) is 0 Å². The summed E-state index contributed by atoms with van der Waals surface area (Å²) in [6.07, 6.45) is 0. The van der Waals surface area contributed by atoms with Crippen LogP contribution in [0.3, 0.4) is 0 Å². The summed E-state index contributed by atoms with van der Waals surface area (Å²) in [5.74, 6) is 0.714. The van der Waals surface area contributed by atoms with Crippen molar-refractivity contribution < 1.29 is 0 Å². The molecule has 2 heterocycles. The molecule has 3 nitrogen and oxygen atoms in total. The summed E-state index contributed by atoms with van der Waals surface area (Å²) in [7, 11) is 0. The van der Waals surface area contributed by atoms with Gasteiger partial charge in [0.25, 0.3) is 0 Å². The van der Waals surface area contributed by atoms with Crippen LogP contribution in [0.4, 0.5) is 0 Å². The average molecular weight is 742 g/mol. The fourth-order valence-corrected chi connectivity index (χ4v) is 9.02. The molecule has 274 valence electrons. The van der Waals surface area contributed by atoms with Crippen molar-refractivity contribution in [2.24, 2.45) is 0 Å². The molecule has 0 aliphatic heterocycles. The molecular weight excluding hydrogens is 703 g/mol. The Morgan fingerprint density at radius 2 is 0.828 bits per heavy atom. The smallest absolute Gasteiger partial charge is 0.160 e. The summed E-state index contributed by atoms with van der Waals surface area (Å²) in [5, 5.41) is 2.55. The molecule has 0 spiro atoms. The molecule has 0 bridgehead atoms. The van der Waals surface area contributed by atoms with E-state index in [0.717, 1.165) is 39.3 Å². The van der Waals surface area contributed by atoms with E-state index in [9.17, 15) is 0 Å². The molecule has 1 aliphatic carbocycles. The van der Waals surface area contributed by atoms with E-state index in [1.165, 1.54) is 60.8 Å². The Morgan fingerprint density at radius 1 is 0.362 bits per heavy atom. The molecule has 0 fully saturated rings. The van der Waals surface area contributed by atoms with Crippen LogP contribution in [0.2, 0.25) is 0 Å². The van der Waals surface area contributed by atoms with Gasteiger partial charge in [-0.1, -0.05) is 178 Å². The zero-order chi connectivity index (χ0) is 38.8. The summed E-state index contributed by atoms with van der Waals surface area (Å²) in [5.41, 5.74) is 18.5. The SMILES string of the molecule is CC1(C)c2ccccc2-c2ccc(-c3cc(-c4ccccc4)nc(-c4ccc(-c5ccc(-c6ccc(-n7c8ccccc8c8ccccc87)cc6)cc5)cc4)n3)cc21.